The molecule has 1 aliphatic carbocycles. The molecule has 6 heteroatoms. The van der Waals surface area contributed by atoms with Gasteiger partial charge >= 0.3 is 5.69 Å². The summed E-state index contributed by atoms with van der Waals surface area (Å²) in [6.45, 7) is 0.253. The molecule has 1 saturated carbocycles. The van der Waals surface area contributed by atoms with Gasteiger partial charge in [0.25, 0.3) is 0 Å². The van der Waals surface area contributed by atoms with Crippen molar-refractivity contribution in [3.63, 3.8) is 0 Å². The van der Waals surface area contributed by atoms with Crippen molar-refractivity contribution in [1.29, 1.82) is 0 Å². The van der Waals surface area contributed by atoms with Crippen LogP contribution in [0.4, 0.5) is 10.2 Å². The molecule has 0 aromatic carbocycles. The van der Waals surface area contributed by atoms with Crippen molar-refractivity contribution < 1.29 is 9.13 Å². The number of nitrogens with one attached hydrogen (secondary N) is 1. The van der Waals surface area contributed by atoms with Gasteiger partial charge in [0.2, 0.25) is 0 Å². The molecule has 3 rings (SSSR count). The monoisotopic (exact) mass is 253 g/mol. The Labute approximate surface area is 104 Å². The third-order valence-corrected chi connectivity index (χ3v) is 3.96. The lowest BCUT2D eigenvalue weighted by Crippen LogP contribution is -2.51. The van der Waals surface area contributed by atoms with Crippen LogP contribution < -0.4 is 11.0 Å². The van der Waals surface area contributed by atoms with E-state index in [2.05, 4.69) is 10.3 Å². The molecule has 0 radical (unpaired) electrons. The second kappa shape index (κ2) is 4.35. The van der Waals surface area contributed by atoms with E-state index in [1.807, 2.05) is 0 Å². The van der Waals surface area contributed by atoms with Gasteiger partial charge < -0.3 is 10.1 Å². The SMILES string of the molecule is CNc1ccn(C2COC3CCC3C2F)c(=O)n1. The fraction of sp³-hybridized carbons (Fsp3) is 0.667. The van der Waals surface area contributed by atoms with E-state index in [1.54, 1.807) is 19.3 Å². The summed E-state index contributed by atoms with van der Waals surface area (Å²) in [5.41, 5.74) is -0.434. The van der Waals surface area contributed by atoms with E-state index in [4.69, 9.17) is 4.74 Å². The zero-order valence-electron chi connectivity index (χ0n) is 10.2. The summed E-state index contributed by atoms with van der Waals surface area (Å²) in [7, 11) is 1.69. The average Bonchev–Trinajstić information content (AvgIpc) is 2.32. The Hall–Kier alpha value is -1.43. The molecule has 18 heavy (non-hydrogen) atoms. The molecule has 1 aromatic heterocycles. The van der Waals surface area contributed by atoms with Gasteiger partial charge in [-0.05, 0) is 18.9 Å². The van der Waals surface area contributed by atoms with E-state index >= 15 is 0 Å². The maximum absolute atomic E-state index is 14.3. The van der Waals surface area contributed by atoms with Crippen molar-refractivity contribution in [3.8, 4) is 0 Å². The van der Waals surface area contributed by atoms with Crippen LogP contribution in [0.2, 0.25) is 0 Å². The summed E-state index contributed by atoms with van der Waals surface area (Å²) in [5.74, 6) is 0.435. The van der Waals surface area contributed by atoms with Crippen LogP contribution in [0.1, 0.15) is 18.9 Å². The van der Waals surface area contributed by atoms with Crippen molar-refractivity contribution in [2.75, 3.05) is 19.0 Å². The summed E-state index contributed by atoms with van der Waals surface area (Å²) in [4.78, 5) is 15.7. The Morgan fingerprint density at radius 2 is 2.39 bits per heavy atom. The molecule has 2 aliphatic rings. The van der Waals surface area contributed by atoms with Crippen molar-refractivity contribution in [3.05, 3.63) is 22.7 Å². The maximum atomic E-state index is 14.3. The quantitative estimate of drug-likeness (QED) is 0.853. The van der Waals surface area contributed by atoms with Crippen LogP contribution in [0.3, 0.4) is 0 Å². The summed E-state index contributed by atoms with van der Waals surface area (Å²) in [6, 6.07) is 1.12. The molecule has 4 atom stereocenters. The first-order valence-corrected chi connectivity index (χ1v) is 6.23. The smallest absolute Gasteiger partial charge is 0.349 e. The van der Waals surface area contributed by atoms with Gasteiger partial charge in [0.1, 0.15) is 12.0 Å². The molecule has 2 heterocycles. The maximum Gasteiger partial charge on any atom is 0.349 e. The van der Waals surface area contributed by atoms with Crippen LogP contribution in [0, 0.1) is 5.92 Å². The highest BCUT2D eigenvalue weighted by Gasteiger charge is 2.46. The lowest BCUT2D eigenvalue weighted by molar-refractivity contribution is -0.143. The van der Waals surface area contributed by atoms with Gasteiger partial charge in [-0.2, -0.15) is 4.98 Å². The number of hydrogen-bond donors (Lipinski definition) is 1. The molecule has 0 amide bonds. The van der Waals surface area contributed by atoms with Crippen molar-refractivity contribution in [1.82, 2.24) is 9.55 Å². The minimum atomic E-state index is -1.02. The second-order valence-electron chi connectivity index (χ2n) is 4.88. The Balaban J connectivity index is 1.88. The number of nitrogens with zero attached hydrogens (tertiary/aromatic N) is 2. The molecule has 98 valence electrons. The van der Waals surface area contributed by atoms with Gasteiger partial charge in [0.15, 0.2) is 0 Å². The Morgan fingerprint density at radius 1 is 1.56 bits per heavy atom. The lowest BCUT2D eigenvalue weighted by atomic mass is 9.74. The normalized spacial score (nSPS) is 34.6. The molecular weight excluding hydrogens is 237 g/mol. The summed E-state index contributed by atoms with van der Waals surface area (Å²) >= 11 is 0. The molecule has 1 saturated heterocycles. The average molecular weight is 253 g/mol. The number of rotatable bonds is 2. The van der Waals surface area contributed by atoms with E-state index in [9.17, 15) is 9.18 Å². The molecule has 0 spiro atoms. The Bertz CT molecular complexity index is 504. The van der Waals surface area contributed by atoms with E-state index in [0.717, 1.165) is 12.8 Å². The summed E-state index contributed by atoms with van der Waals surface area (Å²) in [6.07, 6.45) is 2.40. The predicted octanol–water partition coefficient (Wildman–Crippen LogP) is 0.973. The van der Waals surface area contributed by atoms with Crippen LogP contribution in [0.25, 0.3) is 0 Å². The van der Waals surface area contributed by atoms with E-state index in [-0.39, 0.29) is 18.6 Å². The van der Waals surface area contributed by atoms with E-state index in [1.165, 1.54) is 4.57 Å². The highest BCUT2D eigenvalue weighted by molar-refractivity contribution is 5.30. The number of alkyl halides is 1. The first-order chi connectivity index (χ1) is 8.70. The standard InChI is InChI=1S/C12H16FN3O2/c1-14-10-4-5-16(12(17)15-10)8-6-18-9-3-2-7(9)11(8)13/h4-5,7-9,11H,2-3,6H2,1H3,(H,14,15,17). The van der Waals surface area contributed by atoms with Gasteiger partial charge in [-0.1, -0.05) is 0 Å². The topological polar surface area (TPSA) is 56.2 Å². The number of halogens is 1. The molecule has 1 aromatic rings. The number of hydrogen-bond acceptors (Lipinski definition) is 4. The van der Waals surface area contributed by atoms with Gasteiger partial charge in [0.05, 0.1) is 18.8 Å². The van der Waals surface area contributed by atoms with Gasteiger partial charge in [0, 0.05) is 19.2 Å². The summed E-state index contributed by atoms with van der Waals surface area (Å²) < 4.78 is 21.2. The van der Waals surface area contributed by atoms with Crippen LogP contribution in [-0.2, 0) is 4.74 Å². The van der Waals surface area contributed by atoms with Crippen molar-refractivity contribution in [2.24, 2.45) is 5.92 Å². The van der Waals surface area contributed by atoms with Crippen molar-refractivity contribution in [2.45, 2.75) is 31.2 Å². The second-order valence-corrected chi connectivity index (χ2v) is 4.88. The lowest BCUT2D eigenvalue weighted by Gasteiger charge is -2.46. The summed E-state index contributed by atoms with van der Waals surface area (Å²) in [5, 5.41) is 2.79. The highest BCUT2D eigenvalue weighted by Crippen LogP contribution is 2.42. The number of fused-ring (bicyclic) bond motifs is 1. The van der Waals surface area contributed by atoms with Crippen LogP contribution in [-0.4, -0.2) is 35.5 Å². The molecule has 2 fully saturated rings. The Morgan fingerprint density at radius 3 is 3.00 bits per heavy atom. The molecule has 1 aliphatic heterocycles. The number of aromatic nitrogens is 2. The Kier molecular flexibility index (Phi) is 2.81. The minimum absolute atomic E-state index is 0.0523. The third-order valence-electron chi connectivity index (χ3n) is 3.96. The zero-order chi connectivity index (χ0) is 12.7. The first-order valence-electron chi connectivity index (χ1n) is 6.23. The van der Waals surface area contributed by atoms with E-state index in [0.29, 0.717) is 5.82 Å². The van der Waals surface area contributed by atoms with Gasteiger partial charge in [-0.15, -0.1) is 0 Å². The molecular formula is C12H16FN3O2. The zero-order valence-corrected chi connectivity index (χ0v) is 10.2. The fourth-order valence-corrected chi connectivity index (χ4v) is 2.70. The molecule has 4 unspecified atom stereocenters. The van der Waals surface area contributed by atoms with Crippen LogP contribution >= 0.6 is 0 Å². The third kappa shape index (κ3) is 1.71. The molecule has 1 N–H and O–H groups in total. The number of ether oxygens (including phenoxy) is 1. The number of anilines is 1. The van der Waals surface area contributed by atoms with Crippen LogP contribution in [0.5, 0.6) is 0 Å². The van der Waals surface area contributed by atoms with Crippen LogP contribution in [0.15, 0.2) is 17.1 Å². The first kappa shape index (κ1) is 11.6. The molecule has 0 bridgehead atoms. The molecule has 5 nitrogen and oxygen atoms in total. The van der Waals surface area contributed by atoms with Gasteiger partial charge in [-0.25, -0.2) is 9.18 Å². The highest BCUT2D eigenvalue weighted by atomic mass is 19.1. The largest absolute Gasteiger partial charge is 0.376 e. The van der Waals surface area contributed by atoms with Crippen molar-refractivity contribution >= 4 is 5.82 Å². The minimum Gasteiger partial charge on any atom is -0.376 e. The van der Waals surface area contributed by atoms with E-state index < -0.39 is 17.9 Å². The predicted molar refractivity (Wildman–Crippen MR) is 64.4 cm³/mol. The van der Waals surface area contributed by atoms with Gasteiger partial charge in [-0.3, -0.25) is 4.57 Å². The fourth-order valence-electron chi connectivity index (χ4n) is 2.70.